The lowest BCUT2D eigenvalue weighted by molar-refractivity contribution is -0.0906. The first-order chi connectivity index (χ1) is 13.6. The number of nitrogens with one attached hydrogen (secondary N) is 1. The van der Waals surface area contributed by atoms with Crippen molar-refractivity contribution in [1.29, 1.82) is 0 Å². The quantitative estimate of drug-likeness (QED) is 0.439. The molecule has 0 heterocycles. The lowest BCUT2D eigenvalue weighted by atomic mass is 10.1. The van der Waals surface area contributed by atoms with Gasteiger partial charge in [0.25, 0.3) is 0 Å². The van der Waals surface area contributed by atoms with Crippen molar-refractivity contribution >= 4 is 17.1 Å². The average molecular weight is 408 g/mol. The van der Waals surface area contributed by atoms with Gasteiger partial charge in [0.05, 0.1) is 5.69 Å². The van der Waals surface area contributed by atoms with Crippen molar-refractivity contribution < 1.29 is 26.3 Å². The maximum absolute atomic E-state index is 13.5. The second kappa shape index (κ2) is 7.98. The summed E-state index contributed by atoms with van der Waals surface area (Å²) in [6, 6.07) is 15.0. The van der Waals surface area contributed by atoms with Crippen LogP contribution in [0.2, 0.25) is 0 Å². The highest BCUT2D eigenvalue weighted by Crippen LogP contribution is 2.35. The predicted molar refractivity (Wildman–Crippen MR) is 100.0 cm³/mol. The van der Waals surface area contributed by atoms with Crippen LogP contribution in [0.5, 0.6) is 0 Å². The maximum atomic E-state index is 13.5. The smallest absolute Gasteiger partial charge is 0.351 e. The van der Waals surface area contributed by atoms with Crippen LogP contribution in [0.25, 0.3) is 0 Å². The summed E-state index contributed by atoms with van der Waals surface area (Å²) in [7, 11) is 0. The van der Waals surface area contributed by atoms with Gasteiger partial charge in [-0.2, -0.15) is 26.3 Å². The van der Waals surface area contributed by atoms with Gasteiger partial charge in [-0.1, -0.05) is 48.6 Å². The van der Waals surface area contributed by atoms with Gasteiger partial charge in [-0.05, 0) is 30.3 Å². The van der Waals surface area contributed by atoms with Crippen LogP contribution in [0.15, 0.2) is 101 Å². The summed E-state index contributed by atoms with van der Waals surface area (Å²) in [6.45, 7) is 0. The molecule has 2 aromatic rings. The number of allylic oxidation sites excluding steroid dienone is 6. The molecule has 0 amide bonds. The molecule has 3 rings (SSSR count). The fourth-order valence-corrected chi connectivity index (χ4v) is 2.64. The summed E-state index contributed by atoms with van der Waals surface area (Å²) in [5.74, 6) is 0. The number of anilines is 1. The third-order valence-corrected chi connectivity index (χ3v) is 3.91. The van der Waals surface area contributed by atoms with Gasteiger partial charge in [0.1, 0.15) is 5.70 Å². The van der Waals surface area contributed by atoms with Crippen molar-refractivity contribution in [2.45, 2.75) is 12.4 Å². The van der Waals surface area contributed by atoms with Crippen molar-refractivity contribution in [3.05, 3.63) is 95.7 Å². The molecule has 2 nitrogen and oxygen atoms in total. The van der Waals surface area contributed by atoms with Crippen molar-refractivity contribution in [3.8, 4) is 0 Å². The number of nitrogens with zero attached hydrogens (tertiary/aromatic N) is 1. The van der Waals surface area contributed by atoms with Gasteiger partial charge in [-0.3, -0.25) is 0 Å². The molecule has 0 radical (unpaired) electrons. The minimum Gasteiger partial charge on any atom is -0.351 e. The number of benzene rings is 2. The molecule has 150 valence electrons. The molecule has 0 fully saturated rings. The molecule has 0 atom stereocenters. The van der Waals surface area contributed by atoms with E-state index in [-0.39, 0.29) is 11.4 Å². The van der Waals surface area contributed by atoms with Crippen LogP contribution in [0.1, 0.15) is 0 Å². The zero-order valence-corrected chi connectivity index (χ0v) is 14.7. The van der Waals surface area contributed by atoms with Gasteiger partial charge in [0.15, 0.2) is 5.71 Å². The van der Waals surface area contributed by atoms with Crippen molar-refractivity contribution in [1.82, 2.24) is 0 Å². The zero-order valence-electron chi connectivity index (χ0n) is 14.7. The Bertz CT molecular complexity index is 981. The van der Waals surface area contributed by atoms with E-state index in [9.17, 15) is 26.3 Å². The Hall–Kier alpha value is -3.29. The number of hydrogen-bond acceptors (Lipinski definition) is 2. The van der Waals surface area contributed by atoms with E-state index < -0.39 is 34.9 Å². The van der Waals surface area contributed by atoms with Crippen LogP contribution in [0.4, 0.5) is 37.7 Å². The molecule has 0 aromatic heterocycles. The molecule has 2 aromatic carbocycles. The Kier molecular flexibility index (Phi) is 5.63. The van der Waals surface area contributed by atoms with Crippen LogP contribution in [-0.2, 0) is 0 Å². The number of halogens is 6. The first-order valence-electron chi connectivity index (χ1n) is 8.39. The van der Waals surface area contributed by atoms with E-state index >= 15 is 0 Å². The van der Waals surface area contributed by atoms with Crippen LogP contribution < -0.4 is 5.32 Å². The van der Waals surface area contributed by atoms with E-state index in [4.69, 9.17) is 0 Å². The van der Waals surface area contributed by atoms with Gasteiger partial charge < -0.3 is 5.32 Å². The summed E-state index contributed by atoms with van der Waals surface area (Å²) >= 11 is 0. The largest absolute Gasteiger partial charge is 0.433 e. The minimum atomic E-state index is -4.84. The molecule has 0 unspecified atom stereocenters. The van der Waals surface area contributed by atoms with Gasteiger partial charge in [-0.15, -0.1) is 0 Å². The van der Waals surface area contributed by atoms with E-state index in [2.05, 4.69) is 10.3 Å². The normalized spacial score (nSPS) is 16.6. The highest BCUT2D eigenvalue weighted by molar-refractivity contribution is 6.09. The highest BCUT2D eigenvalue weighted by atomic mass is 19.4. The first-order valence-corrected chi connectivity index (χ1v) is 8.39. The fraction of sp³-hybridized carbons (Fsp3) is 0.0952. The van der Waals surface area contributed by atoms with Gasteiger partial charge in [0, 0.05) is 16.8 Å². The Labute approximate surface area is 162 Å². The molecule has 0 bridgehead atoms. The number of para-hydroxylation sites is 2. The molecule has 1 aliphatic rings. The van der Waals surface area contributed by atoms with Gasteiger partial charge in [-0.25, -0.2) is 4.99 Å². The van der Waals surface area contributed by atoms with Gasteiger partial charge in [0.2, 0.25) is 0 Å². The fourth-order valence-electron chi connectivity index (χ4n) is 2.64. The Morgan fingerprint density at radius 2 is 1.31 bits per heavy atom. The van der Waals surface area contributed by atoms with E-state index in [0.717, 1.165) is 18.2 Å². The average Bonchev–Trinajstić information content (AvgIpc) is 3.13. The summed E-state index contributed by atoms with van der Waals surface area (Å²) in [5.41, 5.74) is -3.08. The maximum Gasteiger partial charge on any atom is 0.433 e. The third kappa shape index (κ3) is 5.16. The second-order valence-electron chi connectivity index (χ2n) is 6.05. The van der Waals surface area contributed by atoms with Gasteiger partial charge >= 0.3 is 12.4 Å². The van der Waals surface area contributed by atoms with E-state index in [1.807, 2.05) is 0 Å². The van der Waals surface area contributed by atoms with Crippen molar-refractivity contribution in [2.24, 2.45) is 4.99 Å². The highest BCUT2D eigenvalue weighted by Gasteiger charge is 2.40. The topological polar surface area (TPSA) is 24.4 Å². The summed E-state index contributed by atoms with van der Waals surface area (Å²) in [5, 5.41) is 2.25. The summed E-state index contributed by atoms with van der Waals surface area (Å²) in [4.78, 5) is 3.60. The van der Waals surface area contributed by atoms with E-state index in [0.29, 0.717) is 0 Å². The van der Waals surface area contributed by atoms with Crippen molar-refractivity contribution in [3.63, 3.8) is 0 Å². The standard InChI is InChI=1S/C21H14F6N2/c22-20(23,24)18(28-16-7-3-1-4-8-16)14-11-12-15(13-14)19(21(25,26)27)29-17-9-5-2-6-10-17/h1-13,28H/b18-14+,29-19?. The Morgan fingerprint density at radius 1 is 0.724 bits per heavy atom. The molecule has 29 heavy (non-hydrogen) atoms. The van der Waals surface area contributed by atoms with E-state index in [1.54, 1.807) is 24.3 Å². The van der Waals surface area contributed by atoms with Crippen LogP contribution in [0.3, 0.4) is 0 Å². The van der Waals surface area contributed by atoms with Crippen molar-refractivity contribution in [2.75, 3.05) is 5.32 Å². The SMILES string of the molecule is FC(F)(F)C(=Nc1ccccc1)C1=C/C(=C(/Nc2ccccc2)C(F)(F)F)C=C1. The molecule has 0 saturated carbocycles. The lowest BCUT2D eigenvalue weighted by Crippen LogP contribution is -2.24. The molecular weight excluding hydrogens is 394 g/mol. The van der Waals surface area contributed by atoms with Crippen LogP contribution in [-0.4, -0.2) is 18.1 Å². The molecule has 0 aliphatic heterocycles. The summed E-state index contributed by atoms with van der Waals surface area (Å²) < 4.78 is 81.1. The zero-order chi connectivity index (χ0) is 21.1. The molecule has 0 saturated heterocycles. The first kappa shape index (κ1) is 20.4. The van der Waals surface area contributed by atoms with Crippen LogP contribution >= 0.6 is 0 Å². The second-order valence-corrected chi connectivity index (χ2v) is 6.05. The number of hydrogen-bond donors (Lipinski definition) is 1. The van der Waals surface area contributed by atoms with Crippen LogP contribution in [0, 0.1) is 0 Å². The molecule has 1 N–H and O–H groups in total. The Morgan fingerprint density at radius 3 is 1.86 bits per heavy atom. The summed E-state index contributed by atoms with van der Waals surface area (Å²) in [6.07, 6.45) is -6.85. The number of aliphatic imine (C=N–C) groups is 1. The lowest BCUT2D eigenvalue weighted by Gasteiger charge is -2.16. The molecule has 0 spiro atoms. The number of rotatable bonds is 4. The monoisotopic (exact) mass is 408 g/mol. The van der Waals surface area contributed by atoms with E-state index in [1.165, 1.54) is 36.4 Å². The third-order valence-electron chi connectivity index (χ3n) is 3.91. The minimum absolute atomic E-state index is 0.0463. The Balaban J connectivity index is 2.05. The number of alkyl halides is 6. The molecule has 1 aliphatic carbocycles. The predicted octanol–water partition coefficient (Wildman–Crippen LogP) is 6.75. The molecular formula is C21H14F6N2. The molecule has 8 heteroatoms.